The summed E-state index contributed by atoms with van der Waals surface area (Å²) >= 11 is 3.39. The van der Waals surface area contributed by atoms with Gasteiger partial charge in [0.1, 0.15) is 5.75 Å². The summed E-state index contributed by atoms with van der Waals surface area (Å²) in [4.78, 5) is 0. The minimum atomic E-state index is 0.479. The standard InChI is InChI=1S/C12H11BrN2O2/c1-8-14-15-12(17-8)6-4-9-3-5-10(13)7-11(9)16-2/h3-7H,1-2H3/b6-4+. The highest BCUT2D eigenvalue weighted by Gasteiger charge is 2.01. The zero-order chi connectivity index (χ0) is 12.3. The summed E-state index contributed by atoms with van der Waals surface area (Å²) in [6, 6.07) is 5.79. The first-order chi connectivity index (χ1) is 8.19. The lowest BCUT2D eigenvalue weighted by Gasteiger charge is -2.04. The van der Waals surface area contributed by atoms with E-state index < -0.39 is 0 Å². The molecule has 2 rings (SSSR count). The van der Waals surface area contributed by atoms with Gasteiger partial charge in [0.15, 0.2) is 0 Å². The average molecular weight is 295 g/mol. The summed E-state index contributed by atoms with van der Waals surface area (Å²) in [5.74, 6) is 1.81. The lowest BCUT2D eigenvalue weighted by atomic mass is 10.2. The highest BCUT2D eigenvalue weighted by Crippen LogP contribution is 2.25. The Kier molecular flexibility index (Phi) is 3.58. The van der Waals surface area contributed by atoms with E-state index in [0.717, 1.165) is 15.8 Å². The number of halogens is 1. The van der Waals surface area contributed by atoms with Gasteiger partial charge in [-0.05, 0) is 18.2 Å². The summed E-state index contributed by atoms with van der Waals surface area (Å²) in [5.41, 5.74) is 0.951. The number of methoxy groups -OCH3 is 1. The van der Waals surface area contributed by atoms with Crippen LogP contribution in [0.25, 0.3) is 12.2 Å². The number of hydrogen-bond acceptors (Lipinski definition) is 4. The van der Waals surface area contributed by atoms with E-state index in [9.17, 15) is 0 Å². The van der Waals surface area contributed by atoms with Crippen molar-refractivity contribution in [2.24, 2.45) is 0 Å². The van der Waals surface area contributed by atoms with E-state index in [1.165, 1.54) is 0 Å². The van der Waals surface area contributed by atoms with E-state index in [4.69, 9.17) is 9.15 Å². The van der Waals surface area contributed by atoms with Gasteiger partial charge in [0.05, 0.1) is 7.11 Å². The zero-order valence-corrected chi connectivity index (χ0v) is 11.1. The Labute approximate surface area is 107 Å². The Bertz CT molecular complexity index is 549. The molecule has 0 atom stereocenters. The fourth-order valence-corrected chi connectivity index (χ4v) is 1.70. The minimum absolute atomic E-state index is 0.479. The summed E-state index contributed by atoms with van der Waals surface area (Å²) in [5, 5.41) is 7.63. The zero-order valence-electron chi connectivity index (χ0n) is 9.48. The molecule has 0 aliphatic rings. The van der Waals surface area contributed by atoms with Gasteiger partial charge in [-0.1, -0.05) is 22.0 Å². The number of benzene rings is 1. The second kappa shape index (κ2) is 5.14. The van der Waals surface area contributed by atoms with Crippen LogP contribution in [0.4, 0.5) is 0 Å². The molecule has 0 radical (unpaired) electrons. The van der Waals surface area contributed by atoms with Crippen molar-refractivity contribution in [3.8, 4) is 5.75 Å². The van der Waals surface area contributed by atoms with Crippen molar-refractivity contribution in [1.82, 2.24) is 10.2 Å². The van der Waals surface area contributed by atoms with Gasteiger partial charge < -0.3 is 9.15 Å². The predicted molar refractivity (Wildman–Crippen MR) is 68.7 cm³/mol. The third kappa shape index (κ3) is 2.94. The topological polar surface area (TPSA) is 48.2 Å². The van der Waals surface area contributed by atoms with E-state index in [0.29, 0.717) is 11.8 Å². The second-order valence-electron chi connectivity index (χ2n) is 3.38. The minimum Gasteiger partial charge on any atom is -0.496 e. The van der Waals surface area contributed by atoms with Crippen LogP contribution < -0.4 is 4.74 Å². The molecular weight excluding hydrogens is 284 g/mol. The third-order valence-corrected chi connectivity index (χ3v) is 2.64. The van der Waals surface area contributed by atoms with Crippen LogP contribution >= 0.6 is 15.9 Å². The molecule has 4 nitrogen and oxygen atoms in total. The highest BCUT2D eigenvalue weighted by atomic mass is 79.9. The van der Waals surface area contributed by atoms with Crippen LogP contribution in [0.3, 0.4) is 0 Å². The van der Waals surface area contributed by atoms with Crippen molar-refractivity contribution >= 4 is 28.1 Å². The van der Waals surface area contributed by atoms with Crippen molar-refractivity contribution in [3.63, 3.8) is 0 Å². The number of ether oxygens (including phenoxy) is 1. The maximum absolute atomic E-state index is 5.27. The molecule has 88 valence electrons. The maximum Gasteiger partial charge on any atom is 0.240 e. The van der Waals surface area contributed by atoms with Gasteiger partial charge in [0.2, 0.25) is 11.8 Å². The molecule has 0 N–H and O–H groups in total. The number of aromatic nitrogens is 2. The van der Waals surface area contributed by atoms with Gasteiger partial charge in [-0.2, -0.15) is 0 Å². The molecule has 0 aliphatic heterocycles. The van der Waals surface area contributed by atoms with E-state index in [1.54, 1.807) is 20.1 Å². The lowest BCUT2D eigenvalue weighted by molar-refractivity contribution is 0.413. The van der Waals surface area contributed by atoms with E-state index in [2.05, 4.69) is 26.1 Å². The maximum atomic E-state index is 5.27. The lowest BCUT2D eigenvalue weighted by Crippen LogP contribution is -1.86. The van der Waals surface area contributed by atoms with Crippen LogP contribution in [0.2, 0.25) is 0 Å². The van der Waals surface area contributed by atoms with Gasteiger partial charge in [-0.15, -0.1) is 10.2 Å². The molecule has 0 unspecified atom stereocenters. The van der Waals surface area contributed by atoms with Crippen molar-refractivity contribution in [1.29, 1.82) is 0 Å². The van der Waals surface area contributed by atoms with Crippen LogP contribution in [0, 0.1) is 6.92 Å². The van der Waals surface area contributed by atoms with Crippen LogP contribution in [0.15, 0.2) is 27.1 Å². The van der Waals surface area contributed by atoms with Crippen LogP contribution in [0.1, 0.15) is 17.3 Å². The second-order valence-corrected chi connectivity index (χ2v) is 4.29. The molecule has 1 aromatic carbocycles. The molecule has 5 heteroatoms. The smallest absolute Gasteiger partial charge is 0.240 e. The molecule has 1 aromatic heterocycles. The molecule has 17 heavy (non-hydrogen) atoms. The molecule has 0 saturated heterocycles. The molecule has 0 fully saturated rings. The van der Waals surface area contributed by atoms with Crippen molar-refractivity contribution < 1.29 is 9.15 Å². The number of hydrogen-bond donors (Lipinski definition) is 0. The van der Waals surface area contributed by atoms with Gasteiger partial charge in [0.25, 0.3) is 0 Å². The molecule has 1 heterocycles. The third-order valence-electron chi connectivity index (χ3n) is 2.14. The largest absolute Gasteiger partial charge is 0.496 e. The van der Waals surface area contributed by atoms with Crippen LogP contribution in [-0.4, -0.2) is 17.3 Å². The fourth-order valence-electron chi connectivity index (χ4n) is 1.36. The van der Waals surface area contributed by atoms with E-state index >= 15 is 0 Å². The summed E-state index contributed by atoms with van der Waals surface area (Å²) in [7, 11) is 1.63. The number of nitrogens with zero attached hydrogens (tertiary/aromatic N) is 2. The van der Waals surface area contributed by atoms with E-state index in [-0.39, 0.29) is 0 Å². The van der Waals surface area contributed by atoms with Crippen molar-refractivity contribution in [3.05, 3.63) is 40.0 Å². The summed E-state index contributed by atoms with van der Waals surface area (Å²) in [6.07, 6.45) is 3.63. The van der Waals surface area contributed by atoms with Gasteiger partial charge in [-0.25, -0.2) is 0 Å². The van der Waals surface area contributed by atoms with Crippen molar-refractivity contribution in [2.75, 3.05) is 7.11 Å². The molecule has 0 spiro atoms. The fraction of sp³-hybridized carbons (Fsp3) is 0.167. The number of rotatable bonds is 3. The van der Waals surface area contributed by atoms with Gasteiger partial charge >= 0.3 is 0 Å². The first kappa shape index (κ1) is 11.9. The molecule has 0 amide bonds. The monoisotopic (exact) mass is 294 g/mol. The molecule has 2 aromatic rings. The quantitative estimate of drug-likeness (QED) is 0.871. The first-order valence-electron chi connectivity index (χ1n) is 5.01. The first-order valence-corrected chi connectivity index (χ1v) is 5.80. The summed E-state index contributed by atoms with van der Waals surface area (Å²) < 4.78 is 11.5. The van der Waals surface area contributed by atoms with E-state index in [1.807, 2.05) is 24.3 Å². The Morgan fingerprint density at radius 3 is 2.76 bits per heavy atom. The van der Waals surface area contributed by atoms with Crippen LogP contribution in [0.5, 0.6) is 5.75 Å². The molecule has 0 aliphatic carbocycles. The number of aryl methyl sites for hydroxylation is 1. The molecule has 0 bridgehead atoms. The Morgan fingerprint density at radius 2 is 2.12 bits per heavy atom. The molecular formula is C12H11BrN2O2. The summed E-state index contributed by atoms with van der Waals surface area (Å²) in [6.45, 7) is 1.75. The van der Waals surface area contributed by atoms with Gasteiger partial charge in [0, 0.05) is 23.0 Å². The SMILES string of the molecule is COc1cc(Br)ccc1/C=C/c1nnc(C)o1. The average Bonchev–Trinajstić information content (AvgIpc) is 2.73. The van der Waals surface area contributed by atoms with Gasteiger partial charge in [-0.3, -0.25) is 0 Å². The van der Waals surface area contributed by atoms with Crippen LogP contribution in [-0.2, 0) is 0 Å². The normalized spacial score (nSPS) is 11.0. The van der Waals surface area contributed by atoms with Crippen molar-refractivity contribution in [2.45, 2.75) is 6.92 Å². The molecule has 0 saturated carbocycles. The predicted octanol–water partition coefficient (Wildman–Crippen LogP) is 3.32. The Balaban J connectivity index is 2.26. The highest BCUT2D eigenvalue weighted by molar-refractivity contribution is 9.10. The Hall–Kier alpha value is -1.62. The Morgan fingerprint density at radius 1 is 1.29 bits per heavy atom.